The molecule has 0 rings (SSSR count). The summed E-state index contributed by atoms with van der Waals surface area (Å²) < 4.78 is 0. The van der Waals surface area contributed by atoms with Crippen LogP contribution in [0.1, 0.15) is 20.3 Å². The molecule has 0 bridgehead atoms. The molecule has 0 saturated carbocycles. The Kier molecular flexibility index (Phi) is 5.95. The topological polar surface area (TPSA) is 43.7 Å². The van der Waals surface area contributed by atoms with Gasteiger partial charge in [-0.3, -0.25) is 4.90 Å². The molecule has 0 aromatic heterocycles. The molecule has 0 aromatic carbocycles. The number of hydrogen-bond acceptors (Lipinski definition) is 3. The van der Waals surface area contributed by atoms with Crippen LogP contribution in [-0.4, -0.2) is 47.0 Å². The van der Waals surface area contributed by atoms with E-state index in [9.17, 15) is 5.11 Å². The first-order valence-electron chi connectivity index (χ1n) is 4.72. The van der Waals surface area contributed by atoms with Gasteiger partial charge in [-0.15, -0.1) is 6.58 Å². The van der Waals surface area contributed by atoms with Gasteiger partial charge >= 0.3 is 0 Å². The highest BCUT2D eigenvalue weighted by atomic mass is 16.3. The minimum atomic E-state index is -0.668. The lowest BCUT2D eigenvalue weighted by molar-refractivity contribution is 0.0157. The van der Waals surface area contributed by atoms with Crippen LogP contribution < -0.4 is 0 Å². The van der Waals surface area contributed by atoms with Gasteiger partial charge in [0.15, 0.2) is 0 Å². The molecule has 0 aliphatic carbocycles. The smallest absolute Gasteiger partial charge is 0.0743 e. The Morgan fingerprint density at radius 2 is 2.15 bits per heavy atom. The molecule has 13 heavy (non-hydrogen) atoms. The van der Waals surface area contributed by atoms with Crippen LogP contribution in [0.3, 0.4) is 0 Å². The molecule has 78 valence electrons. The second-order valence-corrected chi connectivity index (χ2v) is 3.60. The first-order valence-corrected chi connectivity index (χ1v) is 4.72. The largest absolute Gasteiger partial charge is 0.395 e. The minimum absolute atomic E-state index is 0.119. The van der Waals surface area contributed by atoms with Crippen LogP contribution in [0.15, 0.2) is 12.7 Å². The van der Waals surface area contributed by atoms with Crippen LogP contribution in [0, 0.1) is 0 Å². The summed E-state index contributed by atoms with van der Waals surface area (Å²) in [4.78, 5) is 1.98. The lowest BCUT2D eigenvalue weighted by Crippen LogP contribution is -2.41. The van der Waals surface area contributed by atoms with Gasteiger partial charge in [-0.1, -0.05) is 13.0 Å². The van der Waals surface area contributed by atoms with E-state index in [1.54, 1.807) is 13.0 Å². The van der Waals surface area contributed by atoms with Crippen molar-refractivity contribution < 1.29 is 10.2 Å². The molecular weight excluding hydrogens is 166 g/mol. The third-order valence-corrected chi connectivity index (χ3v) is 2.13. The quantitative estimate of drug-likeness (QED) is 0.574. The number of aliphatic hydroxyl groups is 2. The molecule has 0 heterocycles. The molecule has 1 atom stereocenters. The Morgan fingerprint density at radius 3 is 2.54 bits per heavy atom. The van der Waals surface area contributed by atoms with Crippen molar-refractivity contribution in [3.05, 3.63) is 12.7 Å². The van der Waals surface area contributed by atoms with Crippen molar-refractivity contribution in [2.45, 2.75) is 25.9 Å². The molecule has 0 aliphatic rings. The normalized spacial score (nSPS) is 15.8. The average molecular weight is 187 g/mol. The molecule has 0 radical (unpaired) electrons. The van der Waals surface area contributed by atoms with E-state index >= 15 is 0 Å². The highest BCUT2D eigenvalue weighted by Crippen LogP contribution is 2.10. The molecule has 0 amide bonds. The van der Waals surface area contributed by atoms with Crippen LogP contribution in [0.2, 0.25) is 0 Å². The molecule has 1 unspecified atom stereocenters. The summed E-state index contributed by atoms with van der Waals surface area (Å²) in [6, 6.07) is 0. The highest BCUT2D eigenvalue weighted by molar-refractivity contribution is 4.80. The van der Waals surface area contributed by atoms with Gasteiger partial charge in [-0.05, 0) is 13.3 Å². The van der Waals surface area contributed by atoms with E-state index < -0.39 is 5.60 Å². The predicted octanol–water partition coefficient (Wildman–Crippen LogP) is 0.628. The van der Waals surface area contributed by atoms with Gasteiger partial charge in [0.05, 0.1) is 12.2 Å². The van der Waals surface area contributed by atoms with Gasteiger partial charge in [0.2, 0.25) is 0 Å². The maximum Gasteiger partial charge on any atom is 0.0743 e. The molecule has 0 aliphatic heterocycles. The Labute approximate surface area is 80.7 Å². The van der Waals surface area contributed by atoms with Crippen LogP contribution in [0.5, 0.6) is 0 Å². The van der Waals surface area contributed by atoms with Crippen molar-refractivity contribution in [1.82, 2.24) is 4.90 Å². The molecule has 3 heteroatoms. The SMILES string of the molecule is C=CCN(CCO)CC(C)(O)CC. The molecule has 0 spiro atoms. The Bertz CT molecular complexity index is 146. The van der Waals surface area contributed by atoms with Crippen molar-refractivity contribution in [1.29, 1.82) is 0 Å². The molecule has 0 fully saturated rings. The van der Waals surface area contributed by atoms with Crippen molar-refractivity contribution in [3.8, 4) is 0 Å². The summed E-state index contributed by atoms with van der Waals surface area (Å²) in [5.74, 6) is 0. The third-order valence-electron chi connectivity index (χ3n) is 2.13. The summed E-state index contributed by atoms with van der Waals surface area (Å²) in [5.41, 5.74) is -0.668. The minimum Gasteiger partial charge on any atom is -0.395 e. The van der Waals surface area contributed by atoms with E-state index in [0.717, 1.165) is 0 Å². The van der Waals surface area contributed by atoms with Gasteiger partial charge in [0, 0.05) is 19.6 Å². The van der Waals surface area contributed by atoms with Crippen molar-refractivity contribution >= 4 is 0 Å². The molecule has 0 aromatic rings. The maximum absolute atomic E-state index is 9.79. The fourth-order valence-corrected chi connectivity index (χ4v) is 1.15. The van der Waals surface area contributed by atoms with Crippen LogP contribution in [0.25, 0.3) is 0 Å². The second-order valence-electron chi connectivity index (χ2n) is 3.60. The van der Waals surface area contributed by atoms with Gasteiger partial charge in [-0.2, -0.15) is 0 Å². The van der Waals surface area contributed by atoms with Gasteiger partial charge in [0.1, 0.15) is 0 Å². The Hall–Kier alpha value is -0.380. The number of hydrogen-bond donors (Lipinski definition) is 2. The van der Waals surface area contributed by atoms with E-state index in [0.29, 0.717) is 26.1 Å². The fourth-order valence-electron chi connectivity index (χ4n) is 1.15. The van der Waals surface area contributed by atoms with Crippen molar-refractivity contribution in [3.63, 3.8) is 0 Å². The highest BCUT2D eigenvalue weighted by Gasteiger charge is 2.20. The summed E-state index contributed by atoms with van der Waals surface area (Å²) in [6.45, 7) is 9.38. The summed E-state index contributed by atoms with van der Waals surface area (Å²) in [5, 5.41) is 18.6. The van der Waals surface area contributed by atoms with E-state index in [1.807, 2.05) is 11.8 Å². The summed E-state index contributed by atoms with van der Waals surface area (Å²) >= 11 is 0. The van der Waals surface area contributed by atoms with Gasteiger partial charge < -0.3 is 10.2 Å². The zero-order valence-corrected chi connectivity index (χ0v) is 8.66. The standard InChI is InChI=1S/C10H21NO2/c1-4-6-11(7-8-12)9-10(3,13)5-2/h4,12-13H,1,5-9H2,2-3H3. The first-order chi connectivity index (χ1) is 6.05. The third kappa shape index (κ3) is 5.80. The van der Waals surface area contributed by atoms with Gasteiger partial charge in [-0.25, -0.2) is 0 Å². The van der Waals surface area contributed by atoms with E-state index in [4.69, 9.17) is 5.11 Å². The number of aliphatic hydroxyl groups excluding tert-OH is 1. The van der Waals surface area contributed by atoms with E-state index in [2.05, 4.69) is 6.58 Å². The lowest BCUT2D eigenvalue weighted by Gasteiger charge is -2.29. The van der Waals surface area contributed by atoms with Crippen molar-refractivity contribution in [2.75, 3.05) is 26.2 Å². The molecule has 2 N–H and O–H groups in total. The number of nitrogens with zero attached hydrogens (tertiary/aromatic N) is 1. The Balaban J connectivity index is 3.99. The average Bonchev–Trinajstić information content (AvgIpc) is 2.05. The van der Waals surface area contributed by atoms with E-state index in [1.165, 1.54) is 0 Å². The molecule has 3 nitrogen and oxygen atoms in total. The summed E-state index contributed by atoms with van der Waals surface area (Å²) in [7, 11) is 0. The second kappa shape index (κ2) is 6.13. The zero-order valence-electron chi connectivity index (χ0n) is 8.66. The maximum atomic E-state index is 9.79. The summed E-state index contributed by atoms with van der Waals surface area (Å²) in [6.07, 6.45) is 2.49. The first kappa shape index (κ1) is 12.6. The molecular formula is C10H21NO2. The van der Waals surface area contributed by atoms with Crippen LogP contribution >= 0.6 is 0 Å². The predicted molar refractivity (Wildman–Crippen MR) is 54.6 cm³/mol. The van der Waals surface area contributed by atoms with Gasteiger partial charge in [0.25, 0.3) is 0 Å². The van der Waals surface area contributed by atoms with Crippen molar-refractivity contribution in [2.24, 2.45) is 0 Å². The number of rotatable bonds is 7. The fraction of sp³-hybridized carbons (Fsp3) is 0.800. The molecule has 0 saturated heterocycles. The van der Waals surface area contributed by atoms with Crippen LogP contribution in [-0.2, 0) is 0 Å². The zero-order chi connectivity index (χ0) is 10.3. The van der Waals surface area contributed by atoms with Crippen LogP contribution in [0.4, 0.5) is 0 Å². The lowest BCUT2D eigenvalue weighted by atomic mass is 10.0. The Morgan fingerprint density at radius 1 is 1.54 bits per heavy atom. The van der Waals surface area contributed by atoms with E-state index in [-0.39, 0.29) is 6.61 Å². The monoisotopic (exact) mass is 187 g/mol.